The Kier molecular flexibility index (Phi) is 8.86. The summed E-state index contributed by atoms with van der Waals surface area (Å²) < 4.78 is 26.6. The van der Waals surface area contributed by atoms with Crippen molar-refractivity contribution >= 4 is 17.5 Å². The number of hydrazine groups is 1. The van der Waals surface area contributed by atoms with Crippen molar-refractivity contribution in [1.29, 1.82) is 5.26 Å². The second-order valence-electron chi connectivity index (χ2n) is 9.50. The maximum atomic E-state index is 14.6. The molecule has 210 valence electrons. The maximum Gasteiger partial charge on any atom is 0.306 e. The minimum Gasteiger partial charge on any atom is -0.494 e. The van der Waals surface area contributed by atoms with E-state index in [4.69, 9.17) is 26.0 Å². The molecule has 40 heavy (non-hydrogen) atoms. The third kappa shape index (κ3) is 6.68. The molecule has 1 aliphatic carbocycles. The maximum absolute atomic E-state index is 14.6. The number of imidazole rings is 1. The molecule has 12 heteroatoms. The van der Waals surface area contributed by atoms with Crippen LogP contribution in [0, 0.1) is 17.1 Å². The van der Waals surface area contributed by atoms with Crippen LogP contribution < -0.4 is 21.6 Å². The summed E-state index contributed by atoms with van der Waals surface area (Å²) in [6, 6.07) is 6.75. The summed E-state index contributed by atoms with van der Waals surface area (Å²) in [5.41, 5.74) is 9.28. The zero-order valence-corrected chi connectivity index (χ0v) is 22.4. The number of nitrogens with one attached hydrogen (secondary N) is 1. The Labute approximate surface area is 231 Å². The lowest BCUT2D eigenvalue weighted by Crippen LogP contribution is -2.33. The first-order valence-electron chi connectivity index (χ1n) is 12.9. The second-order valence-corrected chi connectivity index (χ2v) is 9.50. The van der Waals surface area contributed by atoms with Gasteiger partial charge in [0.05, 0.1) is 37.6 Å². The zero-order valence-electron chi connectivity index (χ0n) is 22.4. The van der Waals surface area contributed by atoms with E-state index in [1.54, 1.807) is 6.92 Å². The Morgan fingerprint density at radius 2 is 2.12 bits per heavy atom. The van der Waals surface area contributed by atoms with Crippen molar-refractivity contribution in [1.82, 2.24) is 19.7 Å². The molecule has 11 nitrogen and oxygen atoms in total. The van der Waals surface area contributed by atoms with Crippen LogP contribution in [0.3, 0.4) is 0 Å². The van der Waals surface area contributed by atoms with Gasteiger partial charge in [0.1, 0.15) is 11.3 Å². The summed E-state index contributed by atoms with van der Waals surface area (Å²) in [6.07, 6.45) is 8.18. The minimum absolute atomic E-state index is 0.0124. The van der Waals surface area contributed by atoms with Gasteiger partial charge in [-0.25, -0.2) is 15.2 Å². The highest BCUT2D eigenvalue weighted by Gasteiger charge is 2.25. The number of esters is 1. The van der Waals surface area contributed by atoms with Gasteiger partial charge in [0.2, 0.25) is 0 Å². The number of hydrogen-bond donors (Lipinski definition) is 3. The molecule has 0 atom stereocenters. The molecule has 0 spiro atoms. The fraction of sp³-hybridized carbons (Fsp3) is 0.357. The normalized spacial score (nSPS) is 13.1. The van der Waals surface area contributed by atoms with Gasteiger partial charge in [-0.05, 0) is 55.4 Å². The molecule has 1 aliphatic rings. The van der Waals surface area contributed by atoms with E-state index in [0.29, 0.717) is 24.6 Å². The first-order valence-corrected chi connectivity index (χ1v) is 12.9. The van der Waals surface area contributed by atoms with Crippen LogP contribution in [0.4, 0.5) is 4.39 Å². The molecular formula is C28H32FN7O4. The molecule has 0 unspecified atom stereocenters. The van der Waals surface area contributed by atoms with Gasteiger partial charge in [0, 0.05) is 37.1 Å². The molecule has 5 N–H and O–H groups in total. The van der Waals surface area contributed by atoms with E-state index >= 15 is 0 Å². The highest BCUT2D eigenvalue weighted by atomic mass is 19.1. The van der Waals surface area contributed by atoms with Crippen molar-refractivity contribution in [2.45, 2.75) is 51.6 Å². The molecule has 1 fully saturated rings. The second kappa shape index (κ2) is 12.5. The number of ether oxygens (including phenoxy) is 2. The Hall–Kier alpha value is -4.63. The number of carbonyl (C=O) groups excluding carboxylic acids is 2. The molecule has 1 amide bonds. The van der Waals surface area contributed by atoms with E-state index in [1.807, 2.05) is 22.9 Å². The van der Waals surface area contributed by atoms with Gasteiger partial charge >= 0.3 is 5.97 Å². The highest BCUT2D eigenvalue weighted by Crippen LogP contribution is 2.40. The number of pyridine rings is 1. The van der Waals surface area contributed by atoms with Gasteiger partial charge < -0.3 is 29.9 Å². The number of methoxy groups -OCH3 is 1. The molecule has 2 heterocycles. The highest BCUT2D eigenvalue weighted by molar-refractivity contribution is 5.92. The molecule has 0 radical (unpaired) electrons. The lowest BCUT2D eigenvalue weighted by Gasteiger charge is -2.14. The van der Waals surface area contributed by atoms with Crippen LogP contribution in [0.1, 0.15) is 60.1 Å². The lowest BCUT2D eigenvalue weighted by atomic mass is 10.1. The Morgan fingerprint density at radius 3 is 2.80 bits per heavy atom. The van der Waals surface area contributed by atoms with E-state index in [-0.39, 0.29) is 48.1 Å². The molecular weight excluding hydrogens is 517 g/mol. The third-order valence-electron chi connectivity index (χ3n) is 6.54. The number of fused-ring (bicyclic) bond motifs is 1. The number of carbonyl (C=O) groups is 2. The Balaban J connectivity index is 1.44. The first-order chi connectivity index (χ1) is 19.2. The van der Waals surface area contributed by atoms with E-state index < -0.39 is 11.7 Å². The molecule has 3 aromatic rings. The topological polar surface area (TPSA) is 161 Å². The Morgan fingerprint density at radius 1 is 1.35 bits per heavy atom. The van der Waals surface area contributed by atoms with Gasteiger partial charge in [-0.2, -0.15) is 5.26 Å². The molecule has 1 aromatic carbocycles. The van der Waals surface area contributed by atoms with Crippen LogP contribution in [0.5, 0.6) is 5.75 Å². The van der Waals surface area contributed by atoms with Gasteiger partial charge in [-0.15, -0.1) is 0 Å². The summed E-state index contributed by atoms with van der Waals surface area (Å²) in [4.78, 5) is 29.2. The zero-order chi connectivity index (χ0) is 28.8. The quantitative estimate of drug-likeness (QED) is 0.133. The number of benzene rings is 1. The monoisotopic (exact) mass is 549 g/mol. The summed E-state index contributed by atoms with van der Waals surface area (Å²) in [7, 11) is 1.31. The fourth-order valence-electron chi connectivity index (χ4n) is 4.39. The number of amides is 1. The smallest absolute Gasteiger partial charge is 0.306 e. The molecule has 2 aromatic heterocycles. The van der Waals surface area contributed by atoms with Crippen molar-refractivity contribution in [3.05, 3.63) is 76.3 Å². The van der Waals surface area contributed by atoms with Crippen molar-refractivity contribution in [2.24, 2.45) is 11.6 Å². The van der Waals surface area contributed by atoms with E-state index in [1.165, 1.54) is 36.0 Å². The number of nitriles is 1. The number of nitrogens with zero attached hydrogens (tertiary/aromatic N) is 4. The summed E-state index contributed by atoms with van der Waals surface area (Å²) in [6.45, 7) is 1.99. The van der Waals surface area contributed by atoms with Crippen molar-refractivity contribution in [2.75, 3.05) is 13.7 Å². The van der Waals surface area contributed by atoms with Crippen LogP contribution >= 0.6 is 0 Å². The summed E-state index contributed by atoms with van der Waals surface area (Å²) in [5, 5.41) is 13.0. The Bertz CT molecular complexity index is 1490. The first kappa shape index (κ1) is 28.4. The summed E-state index contributed by atoms with van der Waals surface area (Å²) in [5.74, 6) is 4.90. The predicted molar refractivity (Wildman–Crippen MR) is 144 cm³/mol. The van der Waals surface area contributed by atoms with Crippen LogP contribution in [0.2, 0.25) is 0 Å². The average molecular weight is 550 g/mol. The van der Waals surface area contributed by atoms with Gasteiger partial charge in [-0.1, -0.05) is 6.07 Å². The van der Waals surface area contributed by atoms with E-state index in [2.05, 4.69) is 11.4 Å². The van der Waals surface area contributed by atoms with Crippen LogP contribution in [-0.2, 0) is 33.8 Å². The van der Waals surface area contributed by atoms with Gasteiger partial charge in [-0.3, -0.25) is 9.59 Å². The SMILES string of the molecule is CCOC(=O)CCc1cc(C2CC2)cn2cc(CN(N)/C=C(\N)C(=O)NCc3c(C#N)ccc(OC)c3F)nc12. The van der Waals surface area contributed by atoms with E-state index in [0.717, 1.165) is 24.1 Å². The van der Waals surface area contributed by atoms with Crippen LogP contribution in [0.15, 0.2) is 42.5 Å². The standard InChI is InChI=1S/C28H32FN7O4/c1-3-40-25(37)9-7-18-10-20(17-4-5-17)13-35-14-21(34-27(18)35)15-36(32)16-23(31)28(38)33-12-22-19(11-30)6-8-24(39-2)26(22)29/h6,8,10,13-14,16-17H,3-5,7,9,12,15,31-32H2,1-2H3,(H,33,38)/b23-16-. The van der Waals surface area contributed by atoms with Crippen molar-refractivity contribution in [3.8, 4) is 11.8 Å². The lowest BCUT2D eigenvalue weighted by molar-refractivity contribution is -0.143. The minimum atomic E-state index is -0.733. The van der Waals surface area contributed by atoms with Crippen LogP contribution in [0.25, 0.3) is 5.65 Å². The van der Waals surface area contributed by atoms with Crippen LogP contribution in [-0.4, -0.2) is 40.0 Å². The number of aryl methyl sites for hydroxylation is 1. The van der Waals surface area contributed by atoms with Gasteiger partial charge in [0.15, 0.2) is 11.6 Å². The fourth-order valence-corrected chi connectivity index (χ4v) is 4.39. The van der Waals surface area contributed by atoms with Crippen molar-refractivity contribution < 1.29 is 23.5 Å². The number of nitrogens with two attached hydrogens (primary N) is 2. The number of hydrogen-bond acceptors (Lipinski definition) is 9. The molecule has 0 bridgehead atoms. The largest absolute Gasteiger partial charge is 0.494 e. The summed E-state index contributed by atoms with van der Waals surface area (Å²) >= 11 is 0. The average Bonchev–Trinajstić information content (AvgIpc) is 3.70. The number of halogens is 1. The van der Waals surface area contributed by atoms with Crippen molar-refractivity contribution in [3.63, 3.8) is 0 Å². The molecule has 0 aliphatic heterocycles. The molecule has 1 saturated carbocycles. The molecule has 0 saturated heterocycles. The molecule has 4 rings (SSSR count). The number of aromatic nitrogens is 2. The van der Waals surface area contributed by atoms with E-state index in [9.17, 15) is 19.2 Å². The third-order valence-corrected chi connectivity index (χ3v) is 6.54. The number of rotatable bonds is 12. The van der Waals surface area contributed by atoms with Gasteiger partial charge in [0.25, 0.3) is 5.91 Å². The predicted octanol–water partition coefficient (Wildman–Crippen LogP) is 2.52.